The van der Waals surface area contributed by atoms with E-state index < -0.39 is 0 Å². The quantitative estimate of drug-likeness (QED) is 0.408. The molecule has 0 aromatic carbocycles. The van der Waals surface area contributed by atoms with Gasteiger partial charge in [0.05, 0.1) is 68.4 Å². The number of anilines is 2. The molecule has 3 aromatic rings. The lowest BCUT2D eigenvalue weighted by atomic mass is 10.1. The number of ether oxygens (including phenoxy) is 3. The van der Waals surface area contributed by atoms with Gasteiger partial charge in [-0.3, -0.25) is 15.0 Å². The van der Waals surface area contributed by atoms with E-state index in [1.165, 1.54) is 30.6 Å². The Kier molecular flexibility index (Phi) is 12.7. The average Bonchev–Trinajstić information content (AvgIpc) is 3.00. The van der Waals surface area contributed by atoms with Gasteiger partial charge in [0.1, 0.15) is 17.2 Å². The summed E-state index contributed by atoms with van der Waals surface area (Å²) in [6, 6.07) is 6.05. The van der Waals surface area contributed by atoms with Crippen molar-refractivity contribution in [3.63, 3.8) is 0 Å². The van der Waals surface area contributed by atoms with Crippen LogP contribution in [0.3, 0.4) is 0 Å². The largest absolute Gasteiger partial charge is 0.495 e. The Hall–Kier alpha value is -3.11. The van der Waals surface area contributed by atoms with E-state index in [4.69, 9.17) is 14.2 Å². The summed E-state index contributed by atoms with van der Waals surface area (Å²) in [5.41, 5.74) is 5.56. The van der Waals surface area contributed by atoms with Gasteiger partial charge in [0.25, 0.3) is 0 Å². The highest BCUT2D eigenvalue weighted by Gasteiger charge is 2.15. The zero-order valence-corrected chi connectivity index (χ0v) is 26.3. The summed E-state index contributed by atoms with van der Waals surface area (Å²) in [5, 5.41) is 3.34. The van der Waals surface area contributed by atoms with Crippen molar-refractivity contribution in [3.05, 3.63) is 58.3 Å². The average molecular weight is 616 g/mol. The van der Waals surface area contributed by atoms with Crippen LogP contribution in [-0.2, 0) is 0 Å². The van der Waals surface area contributed by atoms with Crippen LogP contribution in [-0.4, -0.2) is 75.5 Å². The maximum Gasteiger partial charge on any atom is 0.139 e. The van der Waals surface area contributed by atoms with Crippen LogP contribution in [0.4, 0.5) is 11.4 Å². The third-order valence-corrected chi connectivity index (χ3v) is 7.73. The van der Waals surface area contributed by atoms with Crippen LogP contribution in [0.5, 0.6) is 17.2 Å². The van der Waals surface area contributed by atoms with E-state index in [2.05, 4.69) is 65.1 Å². The Morgan fingerprint density at radius 1 is 0.625 bits per heavy atom. The first-order valence-electron chi connectivity index (χ1n) is 13.7. The topological polar surface area (TPSA) is 84.9 Å². The van der Waals surface area contributed by atoms with E-state index in [0.717, 1.165) is 78.1 Å². The van der Waals surface area contributed by atoms with Gasteiger partial charge >= 0.3 is 0 Å². The number of aryl methyl sites for hydroxylation is 3. The molecule has 1 N–H and O–H groups in total. The minimum atomic E-state index is 0.775. The zero-order chi connectivity index (χ0) is 28.9. The highest BCUT2D eigenvalue weighted by atomic mass is 79.9. The molecule has 5 heterocycles. The molecule has 0 atom stereocenters. The van der Waals surface area contributed by atoms with Crippen molar-refractivity contribution in [1.29, 1.82) is 0 Å². The minimum Gasteiger partial charge on any atom is -0.495 e. The molecule has 3 aromatic heterocycles. The van der Waals surface area contributed by atoms with Gasteiger partial charge in [0.15, 0.2) is 0 Å². The fourth-order valence-corrected chi connectivity index (χ4v) is 4.84. The zero-order valence-electron chi connectivity index (χ0n) is 24.7. The number of nitrogens with zero attached hydrogens (tertiary/aromatic N) is 5. The number of hydrogen-bond acceptors (Lipinski definition) is 9. The van der Waals surface area contributed by atoms with Gasteiger partial charge in [-0.25, -0.2) is 0 Å². The van der Waals surface area contributed by atoms with E-state index in [1.54, 1.807) is 39.9 Å². The summed E-state index contributed by atoms with van der Waals surface area (Å²) < 4.78 is 16.3. The molecule has 0 bridgehead atoms. The van der Waals surface area contributed by atoms with E-state index in [0.29, 0.717) is 0 Å². The smallest absolute Gasteiger partial charge is 0.139 e. The molecule has 0 saturated carbocycles. The number of piperazine rings is 1. The van der Waals surface area contributed by atoms with Crippen LogP contribution in [0.15, 0.2) is 41.3 Å². The van der Waals surface area contributed by atoms with E-state index >= 15 is 0 Å². The maximum absolute atomic E-state index is 5.21. The molecule has 2 fully saturated rings. The van der Waals surface area contributed by atoms with Crippen molar-refractivity contribution in [2.24, 2.45) is 0 Å². The summed E-state index contributed by atoms with van der Waals surface area (Å²) >= 11 is 3.34. The Bertz CT molecular complexity index is 1130. The molecular weight excluding hydrogens is 572 g/mol. The molecule has 10 heteroatoms. The first-order chi connectivity index (χ1) is 19.4. The minimum absolute atomic E-state index is 0.775. The molecule has 2 saturated heterocycles. The van der Waals surface area contributed by atoms with Crippen LogP contribution in [0.25, 0.3) is 0 Å². The summed E-state index contributed by atoms with van der Waals surface area (Å²) in [7, 11) is 4.99. The van der Waals surface area contributed by atoms with Gasteiger partial charge in [-0.05, 0) is 62.0 Å². The highest BCUT2D eigenvalue weighted by molar-refractivity contribution is 9.10. The van der Waals surface area contributed by atoms with Gasteiger partial charge in [0, 0.05) is 55.9 Å². The van der Waals surface area contributed by atoms with Crippen LogP contribution in [0.2, 0.25) is 0 Å². The standard InChI is InChI=1S/C12H18N2O.C11H17N3O.C7H8BrNO/c1-10-12(8-11(15-2)9-13-10)14-6-4-3-5-7-14;1-9-11(7-10(15-2)8-13-9)14-5-3-12-4-6-14;1-5-7(8)3-6(10-2)4-9-5/h8-9H,3-7H2,1-2H3;7-8,12H,3-6H2,1-2H3;3-4H,1-2H3. The molecule has 0 unspecified atom stereocenters. The fourth-order valence-electron chi connectivity index (χ4n) is 4.51. The molecule has 9 nitrogen and oxygen atoms in total. The monoisotopic (exact) mass is 614 g/mol. The van der Waals surface area contributed by atoms with Crippen LogP contribution in [0.1, 0.15) is 36.3 Å². The summed E-state index contributed by atoms with van der Waals surface area (Å²) in [6.45, 7) is 12.5. The second kappa shape index (κ2) is 16.2. The van der Waals surface area contributed by atoms with Crippen molar-refractivity contribution < 1.29 is 14.2 Å². The second-order valence-electron chi connectivity index (χ2n) is 9.69. The predicted octanol–water partition coefficient (Wildman–Crippen LogP) is 5.36. The Morgan fingerprint density at radius 2 is 1.05 bits per heavy atom. The first kappa shape index (κ1) is 31.4. The number of piperidine rings is 1. The number of rotatable bonds is 5. The van der Waals surface area contributed by atoms with Crippen molar-refractivity contribution in [2.45, 2.75) is 40.0 Å². The number of hydrogen-bond donors (Lipinski definition) is 1. The van der Waals surface area contributed by atoms with E-state index in [-0.39, 0.29) is 0 Å². The molecule has 5 rings (SSSR count). The number of methoxy groups -OCH3 is 3. The van der Waals surface area contributed by atoms with Gasteiger partial charge in [0.2, 0.25) is 0 Å². The molecule has 2 aliphatic heterocycles. The summed E-state index contributed by atoms with van der Waals surface area (Å²) in [4.78, 5) is 17.5. The fraction of sp³-hybridized carbons (Fsp3) is 0.500. The van der Waals surface area contributed by atoms with Crippen molar-refractivity contribution in [2.75, 3.05) is 70.4 Å². The number of halogens is 1. The second-order valence-corrected chi connectivity index (χ2v) is 10.5. The Balaban J connectivity index is 0.000000169. The lowest BCUT2D eigenvalue weighted by molar-refractivity contribution is 0.412. The van der Waals surface area contributed by atoms with E-state index in [1.807, 2.05) is 19.9 Å². The van der Waals surface area contributed by atoms with Gasteiger partial charge < -0.3 is 29.3 Å². The molecule has 0 spiro atoms. The third kappa shape index (κ3) is 9.23. The predicted molar refractivity (Wildman–Crippen MR) is 165 cm³/mol. The maximum atomic E-state index is 5.21. The van der Waals surface area contributed by atoms with Crippen LogP contribution < -0.4 is 29.3 Å². The Labute approximate surface area is 247 Å². The Morgan fingerprint density at radius 3 is 1.50 bits per heavy atom. The van der Waals surface area contributed by atoms with Crippen molar-refractivity contribution >= 4 is 27.3 Å². The molecular formula is C30H43BrN6O3. The lowest BCUT2D eigenvalue weighted by Gasteiger charge is -2.30. The molecule has 0 amide bonds. The van der Waals surface area contributed by atoms with Crippen LogP contribution in [0, 0.1) is 20.8 Å². The SMILES string of the molecule is COc1cnc(C)c(Br)c1.COc1cnc(C)c(N2CCCCC2)c1.COc1cnc(C)c(N2CCNCC2)c1. The number of nitrogens with one attached hydrogen (secondary N) is 1. The lowest BCUT2D eigenvalue weighted by Crippen LogP contribution is -2.43. The van der Waals surface area contributed by atoms with Crippen LogP contribution >= 0.6 is 15.9 Å². The number of aromatic nitrogens is 3. The van der Waals surface area contributed by atoms with Gasteiger partial charge in [-0.1, -0.05) is 0 Å². The molecule has 2 aliphatic rings. The highest BCUT2D eigenvalue weighted by Crippen LogP contribution is 2.26. The molecule has 0 aliphatic carbocycles. The molecule has 218 valence electrons. The first-order valence-corrected chi connectivity index (χ1v) is 14.5. The summed E-state index contributed by atoms with van der Waals surface area (Å²) in [6.07, 6.45) is 9.17. The summed E-state index contributed by atoms with van der Waals surface area (Å²) in [5.74, 6) is 2.45. The van der Waals surface area contributed by atoms with Gasteiger partial charge in [-0.15, -0.1) is 0 Å². The third-order valence-electron chi connectivity index (χ3n) is 6.93. The molecule has 40 heavy (non-hydrogen) atoms. The molecule has 0 radical (unpaired) electrons. The normalized spacial score (nSPS) is 14.8. The van der Waals surface area contributed by atoms with Crippen molar-refractivity contribution in [1.82, 2.24) is 20.3 Å². The van der Waals surface area contributed by atoms with E-state index in [9.17, 15) is 0 Å². The van der Waals surface area contributed by atoms with Gasteiger partial charge in [-0.2, -0.15) is 0 Å². The number of pyridine rings is 3. The van der Waals surface area contributed by atoms with Crippen molar-refractivity contribution in [3.8, 4) is 17.2 Å².